The van der Waals surface area contributed by atoms with Crippen molar-refractivity contribution >= 4 is 32.6 Å². The zero-order valence-corrected chi connectivity index (χ0v) is 14.8. The van der Waals surface area contributed by atoms with Gasteiger partial charge >= 0.3 is 0 Å². The molecule has 0 unspecified atom stereocenters. The Balaban J connectivity index is 1.89. The number of rotatable bonds is 3. The van der Waals surface area contributed by atoms with Gasteiger partial charge in [0.1, 0.15) is 0 Å². The number of hydrogen-bond acceptors (Lipinski definition) is 0. The summed E-state index contributed by atoms with van der Waals surface area (Å²) < 4.78 is 1.21. The van der Waals surface area contributed by atoms with E-state index in [0.29, 0.717) is 0 Å². The maximum Gasteiger partial charge on any atom is 0.0298 e. The van der Waals surface area contributed by atoms with Crippen molar-refractivity contribution in [1.82, 2.24) is 0 Å². The van der Waals surface area contributed by atoms with Gasteiger partial charge in [0.2, 0.25) is 0 Å². The third-order valence-electron chi connectivity index (χ3n) is 4.45. The molecule has 0 saturated heterocycles. The highest BCUT2D eigenvalue weighted by Gasteiger charge is 2.25. The van der Waals surface area contributed by atoms with E-state index in [1.54, 1.807) is 0 Å². The molecule has 116 valence electrons. The van der Waals surface area contributed by atoms with Gasteiger partial charge in [-0.2, -0.15) is 0 Å². The van der Waals surface area contributed by atoms with Gasteiger partial charge < -0.3 is 0 Å². The molecule has 1 heteroatoms. The first-order valence-corrected chi connectivity index (χ1v) is 8.92. The van der Waals surface area contributed by atoms with Crippen LogP contribution >= 0.6 is 15.9 Å². The standard InChI is InChI=1S/C23H17Br/c24-23-21(18-12-6-2-7-13-18)16-20(17-10-4-1-5-11-17)22(23)19-14-8-3-9-15-19/h1-15H,16H2. The van der Waals surface area contributed by atoms with E-state index in [1.165, 1.54) is 37.9 Å². The molecule has 0 amide bonds. The highest BCUT2D eigenvalue weighted by Crippen LogP contribution is 2.49. The number of halogens is 1. The lowest BCUT2D eigenvalue weighted by molar-refractivity contribution is 1.42. The number of benzene rings is 3. The molecular formula is C23H17Br. The van der Waals surface area contributed by atoms with Gasteiger partial charge in [-0.25, -0.2) is 0 Å². The lowest BCUT2D eigenvalue weighted by Crippen LogP contribution is -1.87. The summed E-state index contributed by atoms with van der Waals surface area (Å²) in [6.45, 7) is 0. The monoisotopic (exact) mass is 372 g/mol. The van der Waals surface area contributed by atoms with Gasteiger partial charge in [0.25, 0.3) is 0 Å². The van der Waals surface area contributed by atoms with Gasteiger partial charge in [-0.1, -0.05) is 91.0 Å². The van der Waals surface area contributed by atoms with Crippen LogP contribution in [0, 0.1) is 0 Å². The molecule has 0 fully saturated rings. The fraction of sp³-hybridized carbons (Fsp3) is 0.0435. The van der Waals surface area contributed by atoms with Gasteiger partial charge in [-0.15, -0.1) is 0 Å². The first kappa shape index (κ1) is 15.2. The molecule has 0 bridgehead atoms. The Morgan fingerprint density at radius 3 is 1.42 bits per heavy atom. The van der Waals surface area contributed by atoms with E-state index in [9.17, 15) is 0 Å². The summed E-state index contributed by atoms with van der Waals surface area (Å²) in [5, 5.41) is 0. The predicted octanol–water partition coefficient (Wildman–Crippen LogP) is 6.81. The summed E-state index contributed by atoms with van der Waals surface area (Å²) in [4.78, 5) is 0. The second-order valence-corrected chi connectivity index (χ2v) is 6.71. The van der Waals surface area contributed by atoms with E-state index in [1.807, 2.05) is 0 Å². The fourth-order valence-electron chi connectivity index (χ4n) is 3.29. The minimum absolute atomic E-state index is 0.943. The Labute approximate surface area is 151 Å². The summed E-state index contributed by atoms with van der Waals surface area (Å²) in [6.07, 6.45) is 0.943. The van der Waals surface area contributed by atoms with Crippen molar-refractivity contribution in [2.45, 2.75) is 6.42 Å². The minimum atomic E-state index is 0.943. The van der Waals surface area contributed by atoms with Crippen LogP contribution in [0.3, 0.4) is 0 Å². The lowest BCUT2D eigenvalue weighted by atomic mass is 9.96. The smallest absolute Gasteiger partial charge is 0.0298 e. The van der Waals surface area contributed by atoms with Crippen LogP contribution in [-0.4, -0.2) is 0 Å². The second-order valence-electron chi connectivity index (χ2n) is 5.92. The summed E-state index contributed by atoms with van der Waals surface area (Å²) in [7, 11) is 0. The molecule has 3 aromatic carbocycles. The average Bonchev–Trinajstić information content (AvgIpc) is 3.01. The van der Waals surface area contributed by atoms with Crippen LogP contribution in [0.4, 0.5) is 0 Å². The molecule has 1 aliphatic carbocycles. The van der Waals surface area contributed by atoms with E-state index in [2.05, 4.69) is 107 Å². The van der Waals surface area contributed by atoms with Crippen LogP contribution in [0.25, 0.3) is 16.7 Å². The highest BCUT2D eigenvalue weighted by molar-refractivity contribution is 9.12. The number of hydrogen-bond donors (Lipinski definition) is 0. The molecule has 0 heterocycles. The molecular weight excluding hydrogens is 356 g/mol. The predicted molar refractivity (Wildman–Crippen MR) is 107 cm³/mol. The molecule has 4 rings (SSSR count). The van der Waals surface area contributed by atoms with Crippen molar-refractivity contribution in [2.75, 3.05) is 0 Å². The molecule has 3 aromatic rings. The Bertz CT molecular complexity index is 904. The SMILES string of the molecule is BrC1=C(c2ccccc2)CC(c2ccccc2)=C1c1ccccc1. The molecule has 0 atom stereocenters. The van der Waals surface area contributed by atoms with E-state index < -0.39 is 0 Å². The van der Waals surface area contributed by atoms with Gasteiger partial charge in [0.15, 0.2) is 0 Å². The van der Waals surface area contributed by atoms with Crippen molar-refractivity contribution in [3.05, 3.63) is 112 Å². The molecule has 0 nitrogen and oxygen atoms in total. The van der Waals surface area contributed by atoms with Crippen LogP contribution in [0.1, 0.15) is 23.1 Å². The summed E-state index contributed by atoms with van der Waals surface area (Å²) in [5.74, 6) is 0. The Morgan fingerprint density at radius 1 is 0.500 bits per heavy atom. The zero-order chi connectivity index (χ0) is 16.4. The van der Waals surface area contributed by atoms with Crippen molar-refractivity contribution in [3.8, 4) is 0 Å². The largest absolute Gasteiger partial charge is 0.0622 e. The molecule has 0 aromatic heterocycles. The maximum absolute atomic E-state index is 3.90. The Morgan fingerprint density at radius 2 is 0.917 bits per heavy atom. The van der Waals surface area contributed by atoms with Crippen molar-refractivity contribution in [1.29, 1.82) is 0 Å². The van der Waals surface area contributed by atoms with Gasteiger partial charge in [0.05, 0.1) is 0 Å². The highest BCUT2D eigenvalue weighted by atomic mass is 79.9. The van der Waals surface area contributed by atoms with Gasteiger partial charge in [-0.05, 0) is 43.8 Å². The van der Waals surface area contributed by atoms with Gasteiger partial charge in [-0.3, -0.25) is 0 Å². The minimum Gasteiger partial charge on any atom is -0.0622 e. The Hall–Kier alpha value is -2.38. The van der Waals surface area contributed by atoms with Crippen molar-refractivity contribution < 1.29 is 0 Å². The Kier molecular flexibility index (Phi) is 4.18. The van der Waals surface area contributed by atoms with E-state index >= 15 is 0 Å². The van der Waals surface area contributed by atoms with Gasteiger partial charge in [0, 0.05) is 16.5 Å². The van der Waals surface area contributed by atoms with Crippen LogP contribution in [0.15, 0.2) is 95.5 Å². The number of allylic oxidation sites excluding steroid dienone is 4. The van der Waals surface area contributed by atoms with E-state index in [-0.39, 0.29) is 0 Å². The second kappa shape index (κ2) is 6.62. The topological polar surface area (TPSA) is 0 Å². The zero-order valence-electron chi connectivity index (χ0n) is 13.2. The quantitative estimate of drug-likeness (QED) is 0.473. The van der Waals surface area contributed by atoms with Crippen LogP contribution in [0.5, 0.6) is 0 Å². The van der Waals surface area contributed by atoms with Crippen LogP contribution in [-0.2, 0) is 0 Å². The third kappa shape index (κ3) is 2.76. The van der Waals surface area contributed by atoms with Crippen molar-refractivity contribution in [2.24, 2.45) is 0 Å². The molecule has 0 radical (unpaired) electrons. The molecule has 1 aliphatic rings. The average molecular weight is 373 g/mol. The molecule has 0 N–H and O–H groups in total. The first-order valence-electron chi connectivity index (χ1n) is 8.13. The summed E-state index contributed by atoms with van der Waals surface area (Å²) >= 11 is 3.90. The van der Waals surface area contributed by atoms with Crippen molar-refractivity contribution in [3.63, 3.8) is 0 Å². The maximum atomic E-state index is 3.90. The molecule has 0 spiro atoms. The van der Waals surface area contributed by atoms with Crippen LogP contribution < -0.4 is 0 Å². The van der Waals surface area contributed by atoms with Crippen LogP contribution in [0.2, 0.25) is 0 Å². The fourth-order valence-corrected chi connectivity index (χ4v) is 4.12. The van der Waals surface area contributed by atoms with E-state index in [4.69, 9.17) is 0 Å². The summed E-state index contributed by atoms with van der Waals surface area (Å²) in [6, 6.07) is 32.0. The normalized spacial score (nSPS) is 14.4. The molecule has 0 aliphatic heterocycles. The molecule has 24 heavy (non-hydrogen) atoms. The third-order valence-corrected chi connectivity index (χ3v) is 5.32. The summed E-state index contributed by atoms with van der Waals surface area (Å²) in [5.41, 5.74) is 7.87. The first-order chi connectivity index (χ1) is 11.8. The van der Waals surface area contributed by atoms with E-state index in [0.717, 1.165) is 6.42 Å². The lowest BCUT2D eigenvalue weighted by Gasteiger charge is -2.09. The molecule has 0 saturated carbocycles.